The van der Waals surface area contributed by atoms with Gasteiger partial charge in [-0.15, -0.1) is 11.8 Å². The number of aryl methyl sites for hydroxylation is 1. The molecule has 0 bridgehead atoms. The maximum Gasteiger partial charge on any atom is 0.251 e. The fourth-order valence-electron chi connectivity index (χ4n) is 6.71. The normalized spacial score (nSPS) is 19.4. The second-order valence-electron chi connectivity index (χ2n) is 13.4. The predicted octanol–water partition coefficient (Wildman–Crippen LogP) is 5.16. The summed E-state index contributed by atoms with van der Waals surface area (Å²) in [5, 5.41) is 15.7. The summed E-state index contributed by atoms with van der Waals surface area (Å²) in [7, 11) is 1.85. The van der Waals surface area contributed by atoms with E-state index in [1.165, 1.54) is 23.4 Å². The Labute approximate surface area is 298 Å². The number of H-pyrrole nitrogens is 1. The van der Waals surface area contributed by atoms with E-state index in [4.69, 9.17) is 4.74 Å². The maximum atomic E-state index is 14.4. The Morgan fingerprint density at radius 2 is 1.92 bits per heavy atom. The number of rotatable bonds is 10. The summed E-state index contributed by atoms with van der Waals surface area (Å²) in [6, 6.07) is 16.7. The lowest BCUT2D eigenvalue weighted by molar-refractivity contribution is -0.132. The topological polar surface area (TPSA) is 134 Å². The van der Waals surface area contributed by atoms with Gasteiger partial charge >= 0.3 is 0 Å². The van der Waals surface area contributed by atoms with Crippen molar-refractivity contribution in [3.8, 4) is 28.7 Å². The summed E-state index contributed by atoms with van der Waals surface area (Å²) in [5.74, 6) is 0.126. The van der Waals surface area contributed by atoms with Crippen LogP contribution >= 0.6 is 11.8 Å². The molecule has 2 fully saturated rings. The molecule has 1 saturated carbocycles. The lowest BCUT2D eigenvalue weighted by atomic mass is 9.98. The Balaban J connectivity index is 0.888. The number of thioether (sulfide) groups is 1. The highest BCUT2D eigenvalue weighted by atomic mass is 32.2. The molecule has 1 saturated heterocycles. The molecule has 8 rings (SSSR count). The highest BCUT2D eigenvalue weighted by molar-refractivity contribution is 8.00. The second kappa shape index (κ2) is 13.6. The Hall–Kier alpha value is -5.08. The Bertz CT molecular complexity index is 2140. The fourth-order valence-corrected chi connectivity index (χ4v) is 7.55. The predicted molar refractivity (Wildman–Crippen MR) is 194 cm³/mol. The van der Waals surface area contributed by atoms with E-state index in [2.05, 4.69) is 53.7 Å². The number of anilines is 1. The van der Waals surface area contributed by atoms with Gasteiger partial charge in [-0.05, 0) is 73.4 Å². The van der Waals surface area contributed by atoms with Crippen molar-refractivity contribution in [3.63, 3.8) is 0 Å². The molecule has 3 aliphatic rings. The molecule has 2 amide bonds. The lowest BCUT2D eigenvalue weighted by Gasteiger charge is -2.29. The molecule has 2 N–H and O–H groups in total. The third kappa shape index (κ3) is 6.85. The molecule has 262 valence electrons. The molecule has 0 radical (unpaired) electrons. The number of aromatic amines is 1. The first-order valence-corrected chi connectivity index (χ1v) is 18.3. The molecule has 1 atom stereocenters. The van der Waals surface area contributed by atoms with Crippen LogP contribution in [0.4, 0.5) is 10.1 Å². The van der Waals surface area contributed by atoms with Crippen LogP contribution in [0.5, 0.6) is 5.88 Å². The number of carbonyl (C=O) groups excluding carboxylic acids is 2. The first-order chi connectivity index (χ1) is 24.8. The van der Waals surface area contributed by atoms with E-state index in [-0.39, 0.29) is 30.3 Å². The van der Waals surface area contributed by atoms with Gasteiger partial charge in [0.25, 0.3) is 5.88 Å². The zero-order chi connectivity index (χ0) is 35.1. The van der Waals surface area contributed by atoms with Crippen LogP contribution in [0.2, 0.25) is 0 Å². The molecule has 3 aromatic heterocycles. The molecule has 12 nitrogen and oxygen atoms in total. The largest absolute Gasteiger partial charge is 0.472 e. The van der Waals surface area contributed by atoms with Crippen LogP contribution in [0, 0.1) is 5.82 Å². The number of aromatic nitrogens is 6. The molecule has 0 spiro atoms. The highest BCUT2D eigenvalue weighted by Crippen LogP contribution is 2.37. The maximum absolute atomic E-state index is 14.4. The Morgan fingerprint density at radius 1 is 1.10 bits per heavy atom. The second-order valence-corrected chi connectivity index (χ2v) is 14.6. The molecule has 51 heavy (non-hydrogen) atoms. The minimum atomic E-state index is -0.700. The molecular formula is C37H38FN9O3S. The van der Waals surface area contributed by atoms with E-state index in [1.54, 1.807) is 17.1 Å². The number of hydrogen-bond acceptors (Lipinski definition) is 9. The van der Waals surface area contributed by atoms with Crippen LogP contribution < -0.4 is 10.1 Å². The van der Waals surface area contributed by atoms with E-state index < -0.39 is 10.6 Å². The van der Waals surface area contributed by atoms with Crippen LogP contribution in [0.25, 0.3) is 39.3 Å². The molecule has 5 aromatic rings. The molecule has 14 heteroatoms. The first-order valence-electron chi connectivity index (χ1n) is 17.1. The minimum absolute atomic E-state index is 0.00951. The van der Waals surface area contributed by atoms with Crippen molar-refractivity contribution in [2.75, 3.05) is 44.3 Å². The number of pyridine rings is 1. The molecule has 1 unspecified atom stereocenters. The number of nitrogens with zero attached hydrogens (tertiary/aromatic N) is 7. The summed E-state index contributed by atoms with van der Waals surface area (Å²) in [6.45, 7) is 2.60. The van der Waals surface area contributed by atoms with E-state index in [0.29, 0.717) is 55.5 Å². The first kappa shape index (κ1) is 33.1. The van der Waals surface area contributed by atoms with Gasteiger partial charge in [-0.1, -0.05) is 30.3 Å². The van der Waals surface area contributed by atoms with Gasteiger partial charge in [0, 0.05) is 49.9 Å². The summed E-state index contributed by atoms with van der Waals surface area (Å²) >= 11 is 1.52. The number of halogens is 1. The Morgan fingerprint density at radius 3 is 2.65 bits per heavy atom. The minimum Gasteiger partial charge on any atom is -0.472 e. The van der Waals surface area contributed by atoms with E-state index in [1.807, 2.05) is 48.5 Å². The van der Waals surface area contributed by atoms with Crippen LogP contribution in [-0.2, 0) is 16.6 Å². The monoisotopic (exact) mass is 707 g/mol. The molecule has 5 heterocycles. The van der Waals surface area contributed by atoms with E-state index in [0.717, 1.165) is 41.3 Å². The summed E-state index contributed by atoms with van der Waals surface area (Å²) in [4.78, 5) is 39.9. The van der Waals surface area contributed by atoms with Gasteiger partial charge in [0.15, 0.2) is 11.6 Å². The summed E-state index contributed by atoms with van der Waals surface area (Å²) in [5.41, 5.74) is 5.73. The van der Waals surface area contributed by atoms with Gasteiger partial charge in [0.2, 0.25) is 11.8 Å². The van der Waals surface area contributed by atoms with Crippen molar-refractivity contribution in [1.29, 1.82) is 0 Å². The Kier molecular flexibility index (Phi) is 8.80. The smallest absolute Gasteiger partial charge is 0.251 e. The molecule has 2 aromatic carbocycles. The highest BCUT2D eigenvalue weighted by Gasteiger charge is 2.44. The number of carbonyl (C=O) groups is 2. The van der Waals surface area contributed by atoms with Crippen LogP contribution in [0.3, 0.4) is 0 Å². The summed E-state index contributed by atoms with van der Waals surface area (Å²) < 4.78 is 21.0. The zero-order valence-corrected chi connectivity index (χ0v) is 29.3. The van der Waals surface area contributed by atoms with Gasteiger partial charge in [-0.3, -0.25) is 24.3 Å². The van der Waals surface area contributed by atoms with Gasteiger partial charge in [0.1, 0.15) is 22.9 Å². The van der Waals surface area contributed by atoms with Crippen molar-refractivity contribution in [2.24, 2.45) is 7.05 Å². The van der Waals surface area contributed by atoms with Crippen molar-refractivity contribution in [2.45, 2.75) is 36.5 Å². The number of likely N-dealkylation sites (tertiary alicyclic amines) is 1. The average molecular weight is 708 g/mol. The average Bonchev–Trinajstić information content (AvgIpc) is 3.48. The number of benzene rings is 2. The van der Waals surface area contributed by atoms with Crippen molar-refractivity contribution >= 4 is 45.7 Å². The number of ether oxygens (including phenoxy) is 1. The van der Waals surface area contributed by atoms with Gasteiger partial charge < -0.3 is 15.0 Å². The number of amides is 2. The van der Waals surface area contributed by atoms with Crippen molar-refractivity contribution in [1.82, 2.24) is 39.7 Å². The number of fused-ring (bicyclic) bond motifs is 1. The van der Waals surface area contributed by atoms with Crippen LogP contribution in [-0.4, -0.2) is 101 Å². The van der Waals surface area contributed by atoms with E-state index >= 15 is 0 Å². The van der Waals surface area contributed by atoms with Gasteiger partial charge in [-0.2, -0.15) is 10.2 Å². The zero-order valence-electron chi connectivity index (χ0n) is 28.4. The molecule has 2 aliphatic heterocycles. The quantitative estimate of drug-likeness (QED) is 0.202. The SMILES string of the molecule is CSC1(C(=O)Nc2ccc3[nH]nc(-c4ccc(F)c(OC5CC5)n4)c3c2)CCN(CC(=O)N2CC=C(c3ccc(-c4ncn(C)n4)cc3)CC2)C1. The van der Waals surface area contributed by atoms with Crippen molar-refractivity contribution in [3.05, 3.63) is 78.4 Å². The number of hydrogen-bond donors (Lipinski definition) is 2. The third-order valence-electron chi connectivity index (χ3n) is 9.83. The summed E-state index contributed by atoms with van der Waals surface area (Å²) in [6.07, 6.45) is 8.97. The van der Waals surface area contributed by atoms with Gasteiger partial charge in [0.05, 0.1) is 17.8 Å². The third-order valence-corrected chi connectivity index (χ3v) is 11.1. The lowest BCUT2D eigenvalue weighted by Crippen LogP contribution is -2.45. The van der Waals surface area contributed by atoms with Crippen molar-refractivity contribution < 1.29 is 18.7 Å². The molecular weight excluding hydrogens is 670 g/mol. The fraction of sp³-hybridized carbons (Fsp3) is 0.351. The standard InChI is InChI=1S/C37H38FN9O3S/c1-45-22-39-34(44-45)25-5-3-23(4-6-25)24-13-16-47(17-14-24)32(48)20-46-18-15-37(21-46,51-2)36(49)40-26-7-11-30-28(19-26)33(43-42-30)31-12-10-29(38)35(41-31)50-27-8-9-27/h3-7,10-13,19,22,27H,8-9,14-18,20-21H2,1-2H3,(H,40,49)(H,42,43). The van der Waals surface area contributed by atoms with Crippen LogP contribution in [0.15, 0.2) is 67.0 Å². The van der Waals surface area contributed by atoms with E-state index in [9.17, 15) is 14.0 Å². The number of nitrogens with one attached hydrogen (secondary N) is 2. The van der Waals surface area contributed by atoms with Crippen LogP contribution in [0.1, 0.15) is 31.2 Å². The van der Waals surface area contributed by atoms with Gasteiger partial charge in [-0.25, -0.2) is 14.4 Å². The molecule has 1 aliphatic carbocycles.